The summed E-state index contributed by atoms with van der Waals surface area (Å²) >= 11 is 1.91. The molecule has 2 heterocycles. The molecular formula is C18H24N4OS. The third-order valence-corrected chi connectivity index (χ3v) is 5.43. The molecule has 1 aliphatic rings. The molecule has 1 aromatic carbocycles. The molecule has 2 amide bonds. The average molecular weight is 344 g/mol. The average Bonchev–Trinajstić information content (AvgIpc) is 2.99. The fourth-order valence-corrected chi connectivity index (χ4v) is 3.95. The Hall–Kier alpha value is -1.95. The van der Waals surface area contributed by atoms with Crippen molar-refractivity contribution in [2.75, 3.05) is 11.5 Å². The molecule has 0 radical (unpaired) electrons. The summed E-state index contributed by atoms with van der Waals surface area (Å²) in [5.41, 5.74) is 2.32. The molecule has 3 rings (SSSR count). The summed E-state index contributed by atoms with van der Waals surface area (Å²) < 4.78 is 2.11. The molecular weight excluding hydrogens is 320 g/mol. The summed E-state index contributed by atoms with van der Waals surface area (Å²) in [5.74, 6) is 3.24. The fraction of sp³-hybridized carbons (Fsp3) is 0.444. The van der Waals surface area contributed by atoms with Crippen LogP contribution in [0.4, 0.5) is 4.79 Å². The van der Waals surface area contributed by atoms with Crippen molar-refractivity contribution in [1.82, 2.24) is 20.2 Å². The van der Waals surface area contributed by atoms with Crippen LogP contribution in [0.1, 0.15) is 29.8 Å². The molecule has 1 aliphatic heterocycles. The van der Waals surface area contributed by atoms with Crippen LogP contribution in [0, 0.1) is 6.92 Å². The number of urea groups is 1. The van der Waals surface area contributed by atoms with Gasteiger partial charge in [-0.1, -0.05) is 24.3 Å². The van der Waals surface area contributed by atoms with Gasteiger partial charge < -0.3 is 15.2 Å². The zero-order valence-corrected chi connectivity index (χ0v) is 14.8. The Bertz CT molecular complexity index is 679. The van der Waals surface area contributed by atoms with Crippen LogP contribution >= 0.6 is 11.8 Å². The number of carbonyl (C=O) groups is 1. The molecule has 2 N–H and O–H groups in total. The molecule has 0 aliphatic carbocycles. The van der Waals surface area contributed by atoms with Gasteiger partial charge in [0, 0.05) is 37.3 Å². The summed E-state index contributed by atoms with van der Waals surface area (Å²) in [7, 11) is 0. The second-order valence-corrected chi connectivity index (χ2v) is 7.31. The monoisotopic (exact) mass is 344 g/mol. The number of hydrogen-bond donors (Lipinski definition) is 2. The summed E-state index contributed by atoms with van der Waals surface area (Å²) in [6.45, 7) is 3.34. The number of aromatic nitrogens is 2. The Labute approximate surface area is 147 Å². The number of imidazole rings is 1. The SMILES string of the molecule is Cc1nccn1Cc1cccc(CNC(=O)N[C@H]2CCCSC2)c1. The van der Waals surface area contributed by atoms with Crippen LogP contribution in [0.25, 0.3) is 0 Å². The summed E-state index contributed by atoms with van der Waals surface area (Å²) in [6, 6.07) is 8.55. The van der Waals surface area contributed by atoms with Crippen molar-refractivity contribution in [3.63, 3.8) is 0 Å². The van der Waals surface area contributed by atoms with E-state index in [0.717, 1.165) is 30.1 Å². The van der Waals surface area contributed by atoms with Crippen molar-refractivity contribution < 1.29 is 4.79 Å². The lowest BCUT2D eigenvalue weighted by molar-refractivity contribution is 0.237. The van der Waals surface area contributed by atoms with E-state index >= 15 is 0 Å². The third-order valence-electron chi connectivity index (χ3n) is 4.22. The quantitative estimate of drug-likeness (QED) is 0.877. The van der Waals surface area contributed by atoms with E-state index in [0.29, 0.717) is 12.6 Å². The number of nitrogens with one attached hydrogen (secondary N) is 2. The lowest BCUT2D eigenvalue weighted by Crippen LogP contribution is -2.44. The van der Waals surface area contributed by atoms with E-state index in [9.17, 15) is 4.79 Å². The summed E-state index contributed by atoms with van der Waals surface area (Å²) in [6.07, 6.45) is 6.07. The number of nitrogens with zero attached hydrogens (tertiary/aromatic N) is 2. The molecule has 1 atom stereocenters. The molecule has 2 aromatic rings. The maximum atomic E-state index is 12.0. The van der Waals surface area contributed by atoms with Crippen LogP contribution < -0.4 is 10.6 Å². The minimum atomic E-state index is -0.0710. The smallest absolute Gasteiger partial charge is 0.315 e. The number of hydrogen-bond acceptors (Lipinski definition) is 3. The molecule has 0 saturated carbocycles. The highest BCUT2D eigenvalue weighted by atomic mass is 32.2. The van der Waals surface area contributed by atoms with Gasteiger partial charge in [0.15, 0.2) is 0 Å². The second-order valence-electron chi connectivity index (χ2n) is 6.16. The van der Waals surface area contributed by atoms with Crippen LogP contribution in [0.5, 0.6) is 0 Å². The van der Waals surface area contributed by atoms with Crippen molar-refractivity contribution in [1.29, 1.82) is 0 Å². The Morgan fingerprint density at radius 2 is 2.29 bits per heavy atom. The Morgan fingerprint density at radius 3 is 3.04 bits per heavy atom. The van der Waals surface area contributed by atoms with E-state index < -0.39 is 0 Å². The molecule has 0 spiro atoms. The highest BCUT2D eigenvalue weighted by Crippen LogP contribution is 2.16. The maximum Gasteiger partial charge on any atom is 0.315 e. The van der Waals surface area contributed by atoms with Crippen LogP contribution in [0.3, 0.4) is 0 Å². The summed E-state index contributed by atoms with van der Waals surface area (Å²) in [4.78, 5) is 16.3. The van der Waals surface area contributed by atoms with E-state index in [2.05, 4.69) is 32.3 Å². The molecule has 1 fully saturated rings. The van der Waals surface area contributed by atoms with Gasteiger partial charge >= 0.3 is 6.03 Å². The molecule has 1 saturated heterocycles. The minimum absolute atomic E-state index is 0.0710. The first-order chi connectivity index (χ1) is 11.7. The highest BCUT2D eigenvalue weighted by molar-refractivity contribution is 7.99. The minimum Gasteiger partial charge on any atom is -0.335 e. The lowest BCUT2D eigenvalue weighted by Gasteiger charge is -2.22. The Balaban J connectivity index is 1.51. The van der Waals surface area contributed by atoms with E-state index in [4.69, 9.17) is 0 Å². The first-order valence-corrected chi connectivity index (χ1v) is 9.54. The summed E-state index contributed by atoms with van der Waals surface area (Å²) in [5, 5.41) is 6.03. The standard InChI is InChI=1S/C18H24N4OS/c1-14-19-7-8-22(14)12-16-5-2-4-15(10-16)11-20-18(23)21-17-6-3-9-24-13-17/h2,4-5,7-8,10,17H,3,6,9,11-13H2,1H3,(H2,20,21,23)/t17-/m0/s1. The van der Waals surface area contributed by atoms with Crippen molar-refractivity contribution in [2.24, 2.45) is 0 Å². The van der Waals surface area contributed by atoms with Gasteiger partial charge in [-0.3, -0.25) is 0 Å². The largest absolute Gasteiger partial charge is 0.335 e. The maximum absolute atomic E-state index is 12.0. The molecule has 0 unspecified atom stereocenters. The van der Waals surface area contributed by atoms with Crippen LogP contribution in [0.15, 0.2) is 36.7 Å². The van der Waals surface area contributed by atoms with Gasteiger partial charge in [-0.05, 0) is 36.6 Å². The highest BCUT2D eigenvalue weighted by Gasteiger charge is 2.15. The number of benzene rings is 1. The van der Waals surface area contributed by atoms with Gasteiger partial charge in [0.1, 0.15) is 5.82 Å². The third kappa shape index (κ3) is 4.77. The van der Waals surface area contributed by atoms with Crippen LogP contribution in [0.2, 0.25) is 0 Å². The predicted octanol–water partition coefficient (Wildman–Crippen LogP) is 2.93. The predicted molar refractivity (Wildman–Crippen MR) is 98.2 cm³/mol. The van der Waals surface area contributed by atoms with Gasteiger partial charge in [-0.25, -0.2) is 9.78 Å². The van der Waals surface area contributed by atoms with E-state index in [-0.39, 0.29) is 6.03 Å². The first-order valence-electron chi connectivity index (χ1n) is 8.38. The van der Waals surface area contributed by atoms with Gasteiger partial charge in [-0.2, -0.15) is 11.8 Å². The zero-order chi connectivity index (χ0) is 16.8. The number of carbonyl (C=O) groups excluding carboxylic acids is 1. The van der Waals surface area contributed by atoms with E-state index in [1.165, 1.54) is 17.7 Å². The van der Waals surface area contributed by atoms with Crippen molar-refractivity contribution in [3.8, 4) is 0 Å². The molecule has 6 heteroatoms. The molecule has 1 aromatic heterocycles. The van der Waals surface area contributed by atoms with Gasteiger partial charge in [0.2, 0.25) is 0 Å². The van der Waals surface area contributed by atoms with Crippen molar-refractivity contribution in [3.05, 3.63) is 53.6 Å². The van der Waals surface area contributed by atoms with Crippen LogP contribution in [-0.4, -0.2) is 33.1 Å². The topological polar surface area (TPSA) is 59.0 Å². The zero-order valence-electron chi connectivity index (χ0n) is 14.0. The Kier molecular flexibility index (Phi) is 5.80. The fourth-order valence-electron chi connectivity index (χ4n) is 2.88. The number of thioether (sulfide) groups is 1. The van der Waals surface area contributed by atoms with Gasteiger partial charge in [0.25, 0.3) is 0 Å². The van der Waals surface area contributed by atoms with E-state index in [1.54, 1.807) is 0 Å². The first kappa shape index (κ1) is 16.9. The second kappa shape index (κ2) is 8.24. The molecule has 24 heavy (non-hydrogen) atoms. The number of rotatable bonds is 5. The number of amides is 2. The lowest BCUT2D eigenvalue weighted by atomic mass is 10.1. The van der Waals surface area contributed by atoms with Gasteiger partial charge in [0.05, 0.1) is 0 Å². The van der Waals surface area contributed by atoms with E-state index in [1.807, 2.05) is 43.2 Å². The van der Waals surface area contributed by atoms with Gasteiger partial charge in [-0.15, -0.1) is 0 Å². The Morgan fingerprint density at radius 1 is 1.42 bits per heavy atom. The molecule has 128 valence electrons. The normalized spacial score (nSPS) is 17.5. The van der Waals surface area contributed by atoms with Crippen molar-refractivity contribution >= 4 is 17.8 Å². The number of aryl methyl sites for hydroxylation is 1. The molecule has 0 bridgehead atoms. The molecule has 5 nitrogen and oxygen atoms in total. The van der Waals surface area contributed by atoms with Crippen LogP contribution in [-0.2, 0) is 13.1 Å². The van der Waals surface area contributed by atoms with Crippen molar-refractivity contribution in [2.45, 2.75) is 38.9 Å².